The van der Waals surface area contributed by atoms with Gasteiger partial charge < -0.3 is 19.2 Å². The van der Waals surface area contributed by atoms with Crippen molar-refractivity contribution in [3.05, 3.63) is 143 Å². The molecule has 0 saturated heterocycles. The molecular formula is C31H25NO5. The van der Waals surface area contributed by atoms with Crippen molar-refractivity contribution in [1.82, 2.24) is 4.90 Å². The zero-order chi connectivity index (χ0) is 25.6. The van der Waals surface area contributed by atoms with Crippen LogP contribution in [0, 0.1) is 0 Å². The average molecular weight is 492 g/mol. The Morgan fingerprint density at radius 3 is 2.30 bits per heavy atom. The molecule has 1 atom stereocenters. The first-order valence-electron chi connectivity index (χ1n) is 11.9. The molecule has 1 aromatic heterocycles. The lowest BCUT2D eigenvalue weighted by molar-refractivity contribution is -0.130. The molecule has 0 fully saturated rings. The minimum Gasteiger partial charge on any atom is -0.503 e. The molecule has 0 aliphatic carbocycles. The quantitative estimate of drug-likeness (QED) is 0.289. The highest BCUT2D eigenvalue weighted by Gasteiger charge is 2.43. The highest BCUT2D eigenvalue weighted by atomic mass is 16.5. The van der Waals surface area contributed by atoms with Crippen LogP contribution < -0.4 is 4.74 Å². The first-order chi connectivity index (χ1) is 18.1. The van der Waals surface area contributed by atoms with Crippen molar-refractivity contribution in [3.8, 4) is 5.75 Å². The fraction of sp³-hybridized carbons (Fsp3) is 0.0968. The molecule has 37 heavy (non-hydrogen) atoms. The van der Waals surface area contributed by atoms with Gasteiger partial charge in [0.25, 0.3) is 5.91 Å². The summed E-state index contributed by atoms with van der Waals surface area (Å²) in [6.07, 6.45) is 4.57. The highest BCUT2D eigenvalue weighted by Crippen LogP contribution is 2.39. The van der Waals surface area contributed by atoms with Gasteiger partial charge in [0.1, 0.15) is 18.1 Å². The summed E-state index contributed by atoms with van der Waals surface area (Å²) in [5.74, 6) is -0.418. The number of rotatable bonds is 9. The minimum atomic E-state index is -0.784. The van der Waals surface area contributed by atoms with Gasteiger partial charge in [-0.1, -0.05) is 78.9 Å². The molecule has 0 saturated carbocycles. The van der Waals surface area contributed by atoms with E-state index in [2.05, 4.69) is 0 Å². The lowest BCUT2D eigenvalue weighted by Gasteiger charge is -2.26. The van der Waals surface area contributed by atoms with Crippen LogP contribution in [-0.2, 0) is 22.7 Å². The van der Waals surface area contributed by atoms with Crippen LogP contribution in [0.2, 0.25) is 0 Å². The first-order valence-corrected chi connectivity index (χ1v) is 11.9. The van der Waals surface area contributed by atoms with Crippen molar-refractivity contribution in [2.45, 2.75) is 19.2 Å². The first kappa shape index (κ1) is 23.9. The van der Waals surface area contributed by atoms with Gasteiger partial charge in [0.2, 0.25) is 0 Å². The second kappa shape index (κ2) is 10.8. The Balaban J connectivity index is 1.43. The van der Waals surface area contributed by atoms with Crippen molar-refractivity contribution in [2.24, 2.45) is 0 Å². The molecule has 1 N–H and O–H groups in total. The molecular weight excluding hydrogens is 466 g/mol. The van der Waals surface area contributed by atoms with E-state index in [0.29, 0.717) is 23.7 Å². The molecule has 1 unspecified atom stereocenters. The zero-order valence-electron chi connectivity index (χ0n) is 20.0. The fourth-order valence-electron chi connectivity index (χ4n) is 4.30. The summed E-state index contributed by atoms with van der Waals surface area (Å²) in [5, 5.41) is 10.8. The molecule has 3 aromatic carbocycles. The van der Waals surface area contributed by atoms with E-state index < -0.39 is 23.5 Å². The molecule has 0 spiro atoms. The van der Waals surface area contributed by atoms with E-state index in [0.717, 1.165) is 11.1 Å². The number of carbonyl (C=O) groups excluding carboxylic acids is 2. The molecule has 2 heterocycles. The average Bonchev–Trinajstić information content (AvgIpc) is 3.54. The number of hydrogen-bond donors (Lipinski definition) is 1. The van der Waals surface area contributed by atoms with E-state index in [-0.39, 0.29) is 12.1 Å². The van der Waals surface area contributed by atoms with Crippen molar-refractivity contribution in [3.63, 3.8) is 0 Å². The highest BCUT2D eigenvalue weighted by molar-refractivity contribution is 6.14. The van der Waals surface area contributed by atoms with Crippen LogP contribution >= 0.6 is 0 Å². The van der Waals surface area contributed by atoms with Crippen LogP contribution in [-0.4, -0.2) is 21.7 Å². The Kier molecular flexibility index (Phi) is 6.99. The number of allylic oxidation sites excluding steroid dienone is 1. The monoisotopic (exact) mass is 491 g/mol. The Morgan fingerprint density at radius 1 is 0.919 bits per heavy atom. The van der Waals surface area contributed by atoms with Gasteiger partial charge in [-0.3, -0.25) is 9.59 Å². The predicted molar refractivity (Wildman–Crippen MR) is 139 cm³/mol. The van der Waals surface area contributed by atoms with Crippen LogP contribution in [0.3, 0.4) is 0 Å². The molecule has 1 amide bonds. The van der Waals surface area contributed by atoms with E-state index in [1.165, 1.54) is 17.2 Å². The molecule has 4 aromatic rings. The van der Waals surface area contributed by atoms with Gasteiger partial charge in [0.15, 0.2) is 11.5 Å². The van der Waals surface area contributed by atoms with Gasteiger partial charge in [-0.2, -0.15) is 0 Å². The minimum absolute atomic E-state index is 0.0293. The molecule has 6 nitrogen and oxygen atoms in total. The summed E-state index contributed by atoms with van der Waals surface area (Å²) in [6.45, 7) is 0.521. The largest absolute Gasteiger partial charge is 0.503 e. The van der Waals surface area contributed by atoms with E-state index >= 15 is 0 Å². The Hall–Kier alpha value is -4.84. The number of nitrogens with zero attached hydrogens (tertiary/aromatic N) is 1. The van der Waals surface area contributed by atoms with Gasteiger partial charge in [0, 0.05) is 0 Å². The van der Waals surface area contributed by atoms with E-state index in [4.69, 9.17) is 9.15 Å². The van der Waals surface area contributed by atoms with Crippen LogP contribution in [0.1, 0.15) is 28.5 Å². The maximum absolute atomic E-state index is 13.3. The van der Waals surface area contributed by atoms with Crippen LogP contribution in [0.5, 0.6) is 5.75 Å². The smallest absolute Gasteiger partial charge is 0.290 e. The number of ether oxygens (including phenoxy) is 1. The Morgan fingerprint density at radius 2 is 1.62 bits per heavy atom. The van der Waals surface area contributed by atoms with Crippen molar-refractivity contribution < 1.29 is 23.8 Å². The van der Waals surface area contributed by atoms with Gasteiger partial charge in [0.05, 0.1) is 24.4 Å². The topological polar surface area (TPSA) is 80.0 Å². The Bertz CT molecular complexity index is 1420. The summed E-state index contributed by atoms with van der Waals surface area (Å²) in [6, 6.07) is 29.1. The van der Waals surface area contributed by atoms with E-state index in [1.54, 1.807) is 42.5 Å². The summed E-state index contributed by atoms with van der Waals surface area (Å²) in [4.78, 5) is 27.8. The lowest BCUT2D eigenvalue weighted by Crippen LogP contribution is -2.30. The van der Waals surface area contributed by atoms with Crippen LogP contribution in [0.15, 0.2) is 125 Å². The number of hydrogen-bond acceptors (Lipinski definition) is 5. The zero-order valence-corrected chi connectivity index (χ0v) is 20.0. The normalized spacial score (nSPS) is 15.5. The number of amides is 1. The maximum Gasteiger partial charge on any atom is 0.290 e. The number of carbonyl (C=O) groups is 2. The molecule has 1 aliphatic rings. The van der Waals surface area contributed by atoms with Crippen LogP contribution in [0.25, 0.3) is 6.08 Å². The lowest BCUT2D eigenvalue weighted by atomic mass is 9.95. The summed E-state index contributed by atoms with van der Waals surface area (Å²) >= 11 is 0. The summed E-state index contributed by atoms with van der Waals surface area (Å²) in [7, 11) is 0. The second-order valence-corrected chi connectivity index (χ2v) is 8.63. The molecule has 6 heteroatoms. The molecule has 184 valence electrons. The van der Waals surface area contributed by atoms with Gasteiger partial charge in [-0.05, 0) is 47.0 Å². The molecule has 1 aliphatic heterocycles. The number of benzene rings is 3. The summed E-state index contributed by atoms with van der Waals surface area (Å²) < 4.78 is 11.3. The number of ketones is 1. The number of aliphatic hydroxyl groups is 1. The number of furan rings is 1. The third-order valence-corrected chi connectivity index (χ3v) is 6.15. The summed E-state index contributed by atoms with van der Waals surface area (Å²) in [5.41, 5.74) is 2.59. The standard InChI is InChI=1S/C31H25NO5/c33-27(18-13-22-8-3-1-4-9-22)28-29(32(31(35)30(28)34)20-26-12-7-19-36-26)24-14-16-25(17-15-24)37-21-23-10-5-2-6-11-23/h1-19,29,34H,20-21H2. The molecule has 0 radical (unpaired) electrons. The van der Waals surface area contributed by atoms with Crippen molar-refractivity contribution >= 4 is 17.8 Å². The van der Waals surface area contributed by atoms with E-state index in [9.17, 15) is 14.7 Å². The SMILES string of the molecule is O=C(C=Cc1ccccc1)C1=C(O)C(=O)N(Cc2ccco2)C1c1ccc(OCc2ccccc2)cc1. The Labute approximate surface area is 214 Å². The van der Waals surface area contributed by atoms with Gasteiger partial charge >= 0.3 is 0 Å². The fourth-order valence-corrected chi connectivity index (χ4v) is 4.30. The third-order valence-electron chi connectivity index (χ3n) is 6.15. The predicted octanol–water partition coefficient (Wildman–Crippen LogP) is 6.04. The van der Waals surface area contributed by atoms with Crippen molar-refractivity contribution in [1.29, 1.82) is 0 Å². The molecule has 5 rings (SSSR count). The van der Waals surface area contributed by atoms with Gasteiger partial charge in [-0.25, -0.2) is 0 Å². The second-order valence-electron chi connectivity index (χ2n) is 8.63. The van der Waals surface area contributed by atoms with Crippen molar-refractivity contribution in [2.75, 3.05) is 0 Å². The number of aliphatic hydroxyl groups excluding tert-OH is 1. The van der Waals surface area contributed by atoms with Crippen LogP contribution in [0.4, 0.5) is 0 Å². The molecule has 0 bridgehead atoms. The maximum atomic E-state index is 13.3. The third kappa shape index (κ3) is 5.38. The van der Waals surface area contributed by atoms with E-state index in [1.807, 2.05) is 60.7 Å². The van der Waals surface area contributed by atoms with Gasteiger partial charge in [-0.15, -0.1) is 0 Å².